The van der Waals surface area contributed by atoms with Crippen molar-refractivity contribution >= 4 is 50.0 Å². The van der Waals surface area contributed by atoms with Crippen LogP contribution in [0.15, 0.2) is 74.7 Å². The number of carboxylic acids is 1. The Bertz CT molecular complexity index is 1220. The summed E-state index contributed by atoms with van der Waals surface area (Å²) >= 11 is 6.72. The Balaban J connectivity index is 1.54. The summed E-state index contributed by atoms with van der Waals surface area (Å²) in [5, 5.41) is 13.0. The van der Waals surface area contributed by atoms with E-state index in [1.54, 1.807) is 42.5 Å². The molecule has 10 heteroatoms. The summed E-state index contributed by atoms with van der Waals surface area (Å²) in [4.78, 5) is 23.1. The van der Waals surface area contributed by atoms with Gasteiger partial charge in [0, 0.05) is 4.47 Å². The molecule has 0 saturated heterocycles. The van der Waals surface area contributed by atoms with E-state index in [9.17, 15) is 9.59 Å². The van der Waals surface area contributed by atoms with Gasteiger partial charge in [0.05, 0.1) is 23.4 Å². The van der Waals surface area contributed by atoms with Crippen molar-refractivity contribution in [1.29, 1.82) is 0 Å². The maximum absolute atomic E-state index is 12.0. The molecule has 0 bridgehead atoms. The summed E-state index contributed by atoms with van der Waals surface area (Å²) in [6.45, 7) is -0.0216. The Morgan fingerprint density at radius 1 is 1.00 bits per heavy atom. The predicted octanol–water partition coefficient (Wildman–Crippen LogP) is 5.03. The molecule has 0 atom stereocenters. The lowest BCUT2D eigenvalue weighted by Gasteiger charge is -2.11. The van der Waals surface area contributed by atoms with Gasteiger partial charge in [-0.2, -0.15) is 5.10 Å². The molecule has 3 aromatic carbocycles. The van der Waals surface area contributed by atoms with Crippen molar-refractivity contribution in [2.24, 2.45) is 5.10 Å². The maximum Gasteiger partial charge on any atom is 0.335 e. The normalized spacial score (nSPS) is 10.7. The van der Waals surface area contributed by atoms with Gasteiger partial charge in [-0.05, 0) is 75.6 Å². The van der Waals surface area contributed by atoms with Crippen molar-refractivity contribution in [1.82, 2.24) is 5.43 Å². The van der Waals surface area contributed by atoms with Crippen molar-refractivity contribution in [3.05, 3.63) is 86.3 Å². The zero-order valence-electron chi connectivity index (χ0n) is 18.0. The number of carboxylic acid groups (broad SMARTS) is 1. The van der Waals surface area contributed by atoms with Crippen LogP contribution in [0.1, 0.15) is 21.5 Å². The minimum absolute atomic E-state index is 0.176. The van der Waals surface area contributed by atoms with Crippen LogP contribution in [0.5, 0.6) is 17.2 Å². The Morgan fingerprint density at radius 2 is 1.79 bits per heavy atom. The first-order chi connectivity index (χ1) is 16.4. The third-order valence-electron chi connectivity index (χ3n) is 4.41. The molecule has 2 N–H and O–H groups in total. The van der Waals surface area contributed by atoms with E-state index in [-0.39, 0.29) is 18.8 Å². The summed E-state index contributed by atoms with van der Waals surface area (Å²) < 4.78 is 18.2. The van der Waals surface area contributed by atoms with Gasteiger partial charge in [0.1, 0.15) is 12.4 Å². The number of hydrogen-bond donors (Lipinski definition) is 2. The molecule has 0 aliphatic heterocycles. The predicted molar refractivity (Wildman–Crippen MR) is 134 cm³/mol. The van der Waals surface area contributed by atoms with Crippen molar-refractivity contribution in [3.63, 3.8) is 0 Å². The van der Waals surface area contributed by atoms with Gasteiger partial charge < -0.3 is 19.3 Å². The van der Waals surface area contributed by atoms with E-state index in [0.29, 0.717) is 28.4 Å². The summed E-state index contributed by atoms with van der Waals surface area (Å²) in [7, 11) is 1.51. The second-order valence-corrected chi connectivity index (χ2v) is 8.63. The average Bonchev–Trinajstić information content (AvgIpc) is 2.82. The average molecular weight is 592 g/mol. The number of halogens is 2. The first-order valence-corrected chi connectivity index (χ1v) is 11.5. The number of nitrogens with one attached hydrogen (secondary N) is 1. The van der Waals surface area contributed by atoms with Crippen LogP contribution in [-0.2, 0) is 11.4 Å². The molecule has 0 radical (unpaired) electrons. The highest BCUT2D eigenvalue weighted by atomic mass is 79.9. The molecule has 0 saturated carbocycles. The van der Waals surface area contributed by atoms with Crippen LogP contribution in [0.3, 0.4) is 0 Å². The Morgan fingerprint density at radius 3 is 2.53 bits per heavy atom. The van der Waals surface area contributed by atoms with Crippen LogP contribution in [0.2, 0.25) is 0 Å². The van der Waals surface area contributed by atoms with Gasteiger partial charge in [0.25, 0.3) is 5.91 Å². The van der Waals surface area contributed by atoms with E-state index in [2.05, 4.69) is 42.4 Å². The molecule has 0 spiro atoms. The molecule has 0 aliphatic carbocycles. The minimum atomic E-state index is -0.997. The molecule has 3 aromatic rings. The second-order valence-electron chi connectivity index (χ2n) is 6.86. The van der Waals surface area contributed by atoms with Gasteiger partial charge in [0.15, 0.2) is 18.1 Å². The lowest BCUT2D eigenvalue weighted by molar-refractivity contribution is -0.123. The van der Waals surface area contributed by atoms with Crippen LogP contribution in [0.25, 0.3) is 0 Å². The molecule has 1 amide bonds. The first kappa shape index (κ1) is 25.3. The highest BCUT2D eigenvalue weighted by Crippen LogP contribution is 2.29. The number of benzene rings is 3. The summed E-state index contributed by atoms with van der Waals surface area (Å²) in [6.07, 6.45) is 1.47. The molecule has 8 nitrogen and oxygen atoms in total. The van der Waals surface area contributed by atoms with E-state index in [1.165, 1.54) is 19.4 Å². The quantitative estimate of drug-likeness (QED) is 0.253. The maximum atomic E-state index is 12.0. The Hall–Kier alpha value is -3.37. The number of carbonyl (C=O) groups excluding carboxylic acids is 1. The third kappa shape index (κ3) is 7.32. The van der Waals surface area contributed by atoms with E-state index in [4.69, 9.17) is 19.3 Å². The van der Waals surface area contributed by atoms with Gasteiger partial charge in [-0.1, -0.05) is 28.1 Å². The van der Waals surface area contributed by atoms with E-state index in [0.717, 1.165) is 8.95 Å². The monoisotopic (exact) mass is 590 g/mol. The smallest absolute Gasteiger partial charge is 0.335 e. The van der Waals surface area contributed by atoms with Crippen LogP contribution in [0, 0.1) is 0 Å². The Kier molecular flexibility index (Phi) is 9.06. The fraction of sp³-hybridized carbons (Fsp3) is 0.125. The van der Waals surface area contributed by atoms with Gasteiger partial charge >= 0.3 is 5.97 Å². The number of ether oxygens (including phenoxy) is 3. The number of nitrogens with zero attached hydrogens (tertiary/aromatic N) is 1. The van der Waals surface area contributed by atoms with Crippen molar-refractivity contribution in [2.75, 3.05) is 13.7 Å². The van der Waals surface area contributed by atoms with Gasteiger partial charge in [-0.15, -0.1) is 0 Å². The van der Waals surface area contributed by atoms with E-state index in [1.807, 2.05) is 12.1 Å². The molecule has 176 valence electrons. The lowest BCUT2D eigenvalue weighted by atomic mass is 10.1. The highest BCUT2D eigenvalue weighted by molar-refractivity contribution is 9.11. The second kappa shape index (κ2) is 12.2. The Labute approximate surface area is 212 Å². The number of rotatable bonds is 10. The van der Waals surface area contributed by atoms with Crippen LogP contribution in [0.4, 0.5) is 0 Å². The van der Waals surface area contributed by atoms with Crippen LogP contribution < -0.4 is 19.6 Å². The summed E-state index contributed by atoms with van der Waals surface area (Å²) in [5.74, 6) is 0.0767. The van der Waals surface area contributed by atoms with Crippen LogP contribution in [-0.4, -0.2) is 36.9 Å². The zero-order chi connectivity index (χ0) is 24.5. The number of methoxy groups -OCH3 is 1. The standard InChI is InChI=1S/C24H20Br2N2O6/c1-32-22-10-15(5-7-21(22)33-13-16-3-2-4-17(9-16)24(30)31)12-27-28-23(29)14-34-20-8-6-18(25)11-19(20)26/h2-12H,13-14H2,1H3,(H,28,29)(H,30,31)/b27-12+. The van der Waals surface area contributed by atoms with Gasteiger partial charge in [-0.3, -0.25) is 4.79 Å². The topological polar surface area (TPSA) is 106 Å². The van der Waals surface area contributed by atoms with Crippen molar-refractivity contribution in [3.8, 4) is 17.2 Å². The molecule has 0 aromatic heterocycles. The number of amides is 1. The third-order valence-corrected chi connectivity index (χ3v) is 5.52. The van der Waals surface area contributed by atoms with Gasteiger partial charge in [0.2, 0.25) is 0 Å². The van der Waals surface area contributed by atoms with E-state index >= 15 is 0 Å². The SMILES string of the molecule is COc1cc(/C=N/NC(=O)COc2ccc(Br)cc2Br)ccc1OCc1cccc(C(=O)O)c1. The van der Waals surface area contributed by atoms with Crippen molar-refractivity contribution < 1.29 is 28.9 Å². The minimum Gasteiger partial charge on any atom is -0.493 e. The van der Waals surface area contributed by atoms with Crippen molar-refractivity contribution in [2.45, 2.75) is 6.61 Å². The zero-order valence-corrected chi connectivity index (χ0v) is 21.1. The molecule has 34 heavy (non-hydrogen) atoms. The number of hydrazone groups is 1. The lowest BCUT2D eigenvalue weighted by Crippen LogP contribution is -2.24. The molecule has 0 unspecified atom stereocenters. The highest BCUT2D eigenvalue weighted by Gasteiger charge is 2.09. The van der Waals surface area contributed by atoms with Gasteiger partial charge in [-0.25, -0.2) is 10.2 Å². The summed E-state index contributed by atoms with van der Waals surface area (Å²) in [5.41, 5.74) is 3.99. The number of hydrogen-bond acceptors (Lipinski definition) is 6. The number of aromatic carboxylic acids is 1. The summed E-state index contributed by atoms with van der Waals surface area (Å²) in [6, 6.07) is 17.0. The first-order valence-electron chi connectivity index (χ1n) is 9.88. The molecule has 0 aliphatic rings. The number of carbonyl (C=O) groups is 2. The fourth-order valence-electron chi connectivity index (χ4n) is 2.79. The molecular weight excluding hydrogens is 572 g/mol. The molecule has 0 heterocycles. The molecular formula is C24H20Br2N2O6. The molecule has 3 rings (SSSR count). The largest absolute Gasteiger partial charge is 0.493 e. The molecule has 0 fully saturated rings. The van der Waals surface area contributed by atoms with Crippen LogP contribution >= 0.6 is 31.9 Å². The fourth-order valence-corrected chi connectivity index (χ4v) is 3.95. The van der Waals surface area contributed by atoms with E-state index < -0.39 is 11.9 Å².